The third kappa shape index (κ3) is 8.76. The number of anilines is 2. The third-order valence-electron chi connectivity index (χ3n) is 6.40. The number of ether oxygens (including phenoxy) is 1. The fraction of sp³-hybridized carbons (Fsp3) is 0.0588. The second kappa shape index (κ2) is 15.6. The molecule has 46 heavy (non-hydrogen) atoms. The highest BCUT2D eigenvalue weighted by molar-refractivity contribution is 8.00. The van der Waals surface area contributed by atoms with Crippen molar-refractivity contribution in [2.45, 2.75) is 4.90 Å². The molecule has 0 bridgehead atoms. The van der Waals surface area contributed by atoms with E-state index in [2.05, 4.69) is 20.9 Å². The van der Waals surface area contributed by atoms with Crippen LogP contribution < -0.4 is 20.7 Å². The van der Waals surface area contributed by atoms with Gasteiger partial charge in [0.05, 0.1) is 28.6 Å². The molecule has 0 saturated carbocycles. The van der Waals surface area contributed by atoms with Crippen LogP contribution in [0.4, 0.5) is 10.8 Å². The topological polar surface area (TPSA) is 109 Å². The summed E-state index contributed by atoms with van der Waals surface area (Å²) < 4.78 is 5.43. The lowest BCUT2D eigenvalue weighted by atomic mass is 10.1. The van der Waals surface area contributed by atoms with Gasteiger partial charge in [-0.15, -0.1) is 23.1 Å². The molecule has 5 rings (SSSR count). The Balaban J connectivity index is 1.24. The number of thioether (sulfide) groups is 1. The number of aromatic nitrogens is 1. The van der Waals surface area contributed by atoms with Gasteiger partial charge < -0.3 is 20.7 Å². The first-order chi connectivity index (χ1) is 22.3. The van der Waals surface area contributed by atoms with E-state index in [1.807, 2.05) is 29.6 Å². The molecule has 3 amide bonds. The highest BCUT2D eigenvalue weighted by Gasteiger charge is 2.17. The molecule has 0 atom stereocenters. The number of methoxy groups -OCH3 is 1. The molecule has 1 aromatic heterocycles. The summed E-state index contributed by atoms with van der Waals surface area (Å²) in [5, 5.41) is 11.6. The summed E-state index contributed by atoms with van der Waals surface area (Å²) in [4.78, 5) is 44.4. The predicted octanol–water partition coefficient (Wildman–Crippen LogP) is 8.27. The minimum atomic E-state index is -0.531. The Morgan fingerprint density at radius 2 is 1.67 bits per heavy atom. The first kappa shape index (κ1) is 32.8. The molecule has 0 saturated heterocycles. The van der Waals surface area contributed by atoms with Crippen molar-refractivity contribution in [1.29, 1.82) is 0 Å². The number of carbonyl (C=O) groups is 3. The summed E-state index contributed by atoms with van der Waals surface area (Å²) in [7, 11) is 1.53. The van der Waals surface area contributed by atoms with Crippen molar-refractivity contribution in [2.24, 2.45) is 0 Å². The highest BCUT2D eigenvalue weighted by Crippen LogP contribution is 2.31. The first-order valence-electron chi connectivity index (χ1n) is 13.7. The van der Waals surface area contributed by atoms with Crippen LogP contribution in [-0.4, -0.2) is 35.6 Å². The lowest BCUT2D eigenvalue weighted by Crippen LogP contribution is -2.30. The van der Waals surface area contributed by atoms with Gasteiger partial charge in [-0.2, -0.15) is 0 Å². The van der Waals surface area contributed by atoms with Gasteiger partial charge in [-0.25, -0.2) is 4.98 Å². The molecule has 8 nitrogen and oxygen atoms in total. The Morgan fingerprint density at radius 3 is 2.46 bits per heavy atom. The number of para-hydroxylation sites is 1. The van der Waals surface area contributed by atoms with Crippen molar-refractivity contribution in [3.63, 3.8) is 0 Å². The number of hydrogen-bond acceptors (Lipinski definition) is 7. The molecule has 0 aliphatic heterocycles. The van der Waals surface area contributed by atoms with E-state index in [0.29, 0.717) is 43.4 Å². The second-order valence-electron chi connectivity index (χ2n) is 9.61. The van der Waals surface area contributed by atoms with E-state index in [1.54, 1.807) is 78.9 Å². The van der Waals surface area contributed by atoms with E-state index in [9.17, 15) is 14.4 Å². The summed E-state index contributed by atoms with van der Waals surface area (Å²) in [6.07, 6.45) is 1.56. The molecule has 12 heteroatoms. The van der Waals surface area contributed by atoms with Crippen LogP contribution in [0, 0.1) is 0 Å². The highest BCUT2D eigenvalue weighted by atomic mass is 35.5. The number of thiazole rings is 1. The Bertz CT molecular complexity index is 1910. The number of nitrogens with zero attached hydrogens (tertiary/aromatic N) is 1. The Morgan fingerprint density at radius 1 is 0.891 bits per heavy atom. The zero-order valence-corrected chi connectivity index (χ0v) is 27.4. The lowest BCUT2D eigenvalue weighted by molar-refractivity contribution is -0.114. The maximum absolute atomic E-state index is 13.5. The number of halogens is 2. The SMILES string of the molecule is COc1ccccc1/C=C(/NC(=O)c1ccccc1)C(=O)Nc1cccc(SCC(=O)Nc2nc(-c3ccc(Cl)c(Cl)c3)cs2)c1. The Kier molecular flexibility index (Phi) is 11.1. The smallest absolute Gasteiger partial charge is 0.272 e. The number of benzene rings is 4. The molecular formula is C34H26Cl2N4O4S2. The van der Waals surface area contributed by atoms with Crippen molar-refractivity contribution in [1.82, 2.24) is 10.3 Å². The summed E-state index contributed by atoms with van der Waals surface area (Å²) >= 11 is 14.7. The normalized spacial score (nSPS) is 11.1. The van der Waals surface area contributed by atoms with E-state index in [4.69, 9.17) is 27.9 Å². The summed E-state index contributed by atoms with van der Waals surface area (Å²) in [6, 6.07) is 28.1. The van der Waals surface area contributed by atoms with Gasteiger partial charge in [-0.3, -0.25) is 14.4 Å². The van der Waals surface area contributed by atoms with Gasteiger partial charge >= 0.3 is 0 Å². The molecule has 0 unspecified atom stereocenters. The zero-order valence-electron chi connectivity index (χ0n) is 24.3. The zero-order chi connectivity index (χ0) is 32.5. The van der Waals surface area contributed by atoms with Crippen molar-refractivity contribution in [2.75, 3.05) is 23.5 Å². The van der Waals surface area contributed by atoms with E-state index >= 15 is 0 Å². The monoisotopic (exact) mass is 688 g/mol. The first-order valence-corrected chi connectivity index (χ1v) is 16.4. The van der Waals surface area contributed by atoms with Gasteiger partial charge in [0.2, 0.25) is 5.91 Å². The fourth-order valence-electron chi connectivity index (χ4n) is 4.17. The molecule has 0 radical (unpaired) electrons. The molecule has 4 aromatic carbocycles. The maximum atomic E-state index is 13.5. The van der Waals surface area contributed by atoms with Crippen LogP contribution in [-0.2, 0) is 9.59 Å². The van der Waals surface area contributed by atoms with Crippen LogP contribution in [0.15, 0.2) is 113 Å². The van der Waals surface area contributed by atoms with Crippen LogP contribution in [0.25, 0.3) is 17.3 Å². The van der Waals surface area contributed by atoms with Crippen LogP contribution in [0.5, 0.6) is 5.75 Å². The summed E-state index contributed by atoms with van der Waals surface area (Å²) in [6.45, 7) is 0. The van der Waals surface area contributed by atoms with Crippen molar-refractivity contribution < 1.29 is 19.1 Å². The van der Waals surface area contributed by atoms with Gasteiger partial charge in [0.15, 0.2) is 5.13 Å². The molecule has 0 fully saturated rings. The minimum absolute atomic E-state index is 0.0273. The molecule has 232 valence electrons. The third-order valence-corrected chi connectivity index (χ3v) is 8.89. The number of amides is 3. The molecule has 1 heterocycles. The maximum Gasteiger partial charge on any atom is 0.272 e. The number of nitrogens with one attached hydrogen (secondary N) is 3. The molecule has 5 aromatic rings. The van der Waals surface area contributed by atoms with Crippen molar-refractivity contribution in [3.05, 3.63) is 129 Å². The molecule has 0 spiro atoms. The van der Waals surface area contributed by atoms with Gasteiger partial charge in [0.1, 0.15) is 11.4 Å². The average molecular weight is 690 g/mol. The van der Waals surface area contributed by atoms with Gasteiger partial charge in [-0.05, 0) is 54.6 Å². The quantitative estimate of drug-likeness (QED) is 0.0952. The number of hydrogen-bond donors (Lipinski definition) is 3. The van der Waals surface area contributed by atoms with Crippen LogP contribution in [0.3, 0.4) is 0 Å². The fourth-order valence-corrected chi connectivity index (χ4v) is 5.96. The van der Waals surface area contributed by atoms with Gasteiger partial charge in [-0.1, -0.05) is 71.7 Å². The van der Waals surface area contributed by atoms with E-state index < -0.39 is 11.8 Å². The summed E-state index contributed by atoms with van der Waals surface area (Å²) in [5.74, 6) is -0.541. The standard InChI is InChI=1S/C34H26Cl2N4O4S2/c1-44-30-13-6-5-10-23(30)17-28(38-32(42)21-8-3-2-4-9-21)33(43)37-24-11-7-12-25(18-24)45-20-31(41)40-34-39-29(19-46-34)22-14-15-26(35)27(36)16-22/h2-19H,20H2,1H3,(H,37,43)(H,38,42)(H,39,40,41)/b28-17+. The molecule has 3 N–H and O–H groups in total. The largest absolute Gasteiger partial charge is 0.496 e. The van der Waals surface area contributed by atoms with E-state index in [1.165, 1.54) is 30.2 Å². The Hall–Kier alpha value is -4.61. The van der Waals surface area contributed by atoms with Crippen molar-refractivity contribution in [3.8, 4) is 17.0 Å². The van der Waals surface area contributed by atoms with E-state index in [0.717, 1.165) is 10.5 Å². The van der Waals surface area contributed by atoms with Gasteiger partial charge in [0.25, 0.3) is 11.8 Å². The Labute approximate surface area is 283 Å². The van der Waals surface area contributed by atoms with E-state index in [-0.39, 0.29) is 17.4 Å². The molecule has 0 aliphatic rings. The minimum Gasteiger partial charge on any atom is -0.496 e. The second-order valence-corrected chi connectivity index (χ2v) is 12.3. The van der Waals surface area contributed by atoms with Crippen molar-refractivity contribution >= 4 is 80.9 Å². The molecular weight excluding hydrogens is 663 g/mol. The molecule has 0 aliphatic carbocycles. The van der Waals surface area contributed by atoms with Crippen LogP contribution >= 0.6 is 46.3 Å². The summed E-state index contributed by atoms with van der Waals surface area (Å²) in [5.41, 5.74) is 3.00. The van der Waals surface area contributed by atoms with Crippen LogP contribution in [0.2, 0.25) is 10.0 Å². The predicted molar refractivity (Wildman–Crippen MR) is 187 cm³/mol. The lowest BCUT2D eigenvalue weighted by Gasteiger charge is -2.13. The number of carbonyl (C=O) groups excluding carboxylic acids is 3. The number of rotatable bonds is 11. The van der Waals surface area contributed by atoms with Gasteiger partial charge in [0, 0.05) is 32.7 Å². The average Bonchev–Trinajstić information content (AvgIpc) is 3.53. The van der Waals surface area contributed by atoms with Crippen LogP contribution in [0.1, 0.15) is 15.9 Å².